The van der Waals surface area contributed by atoms with Crippen molar-refractivity contribution in [2.75, 3.05) is 7.11 Å². The molecular weight excluding hydrogens is 464 g/mol. The summed E-state index contributed by atoms with van der Waals surface area (Å²) in [6, 6.07) is 5.78. The third-order valence-corrected chi connectivity index (χ3v) is 7.23. The zero-order valence-electron chi connectivity index (χ0n) is 20.6. The molecule has 2 saturated carbocycles. The van der Waals surface area contributed by atoms with E-state index in [1.165, 1.54) is 0 Å². The van der Waals surface area contributed by atoms with Crippen LogP contribution >= 0.6 is 0 Å². The molecular formula is C25H30N6O5. The minimum Gasteiger partial charge on any atom is -0.489 e. The minimum absolute atomic E-state index is 0.0165. The second-order valence-corrected chi connectivity index (χ2v) is 9.50. The van der Waals surface area contributed by atoms with Gasteiger partial charge in [0.05, 0.1) is 35.7 Å². The van der Waals surface area contributed by atoms with Crippen molar-refractivity contribution in [1.29, 1.82) is 0 Å². The number of methoxy groups -OCH3 is 1. The highest BCUT2D eigenvalue weighted by Gasteiger charge is 2.47. The quantitative estimate of drug-likeness (QED) is 0.473. The lowest BCUT2D eigenvalue weighted by Gasteiger charge is -2.18. The zero-order chi connectivity index (χ0) is 25.2. The number of pyridine rings is 1. The molecule has 0 radical (unpaired) electrons. The van der Waals surface area contributed by atoms with Crippen LogP contribution in [-0.4, -0.2) is 54.2 Å². The summed E-state index contributed by atoms with van der Waals surface area (Å²) in [5.74, 6) is 0.436. The molecule has 11 heteroatoms. The van der Waals surface area contributed by atoms with Crippen molar-refractivity contribution in [3.8, 4) is 23.1 Å². The van der Waals surface area contributed by atoms with Gasteiger partial charge in [0.1, 0.15) is 23.7 Å². The van der Waals surface area contributed by atoms with Crippen molar-refractivity contribution in [2.24, 2.45) is 24.8 Å². The van der Waals surface area contributed by atoms with Gasteiger partial charge in [0.25, 0.3) is 0 Å². The van der Waals surface area contributed by atoms with Gasteiger partial charge in [-0.2, -0.15) is 4.98 Å². The van der Waals surface area contributed by atoms with E-state index in [9.17, 15) is 9.90 Å². The van der Waals surface area contributed by atoms with E-state index in [4.69, 9.17) is 19.2 Å². The van der Waals surface area contributed by atoms with Gasteiger partial charge in [-0.05, 0) is 62.6 Å². The number of aliphatic carboxylic acids is 1. The predicted molar refractivity (Wildman–Crippen MR) is 127 cm³/mol. The Balaban J connectivity index is 1.27. The van der Waals surface area contributed by atoms with Crippen LogP contribution in [0.15, 0.2) is 24.4 Å². The summed E-state index contributed by atoms with van der Waals surface area (Å²) in [7, 11) is 3.40. The number of hydrogen-bond acceptors (Lipinski definition) is 9. The maximum Gasteiger partial charge on any atom is 0.317 e. The van der Waals surface area contributed by atoms with Crippen LogP contribution in [-0.2, 0) is 29.8 Å². The van der Waals surface area contributed by atoms with Gasteiger partial charge in [0.2, 0.25) is 0 Å². The number of nitrogens with zero attached hydrogens (tertiary/aromatic N) is 6. The molecule has 0 aromatic carbocycles. The number of hydrogen-bond donors (Lipinski definition) is 1. The molecule has 2 fully saturated rings. The van der Waals surface area contributed by atoms with Crippen molar-refractivity contribution < 1.29 is 24.1 Å². The molecule has 36 heavy (non-hydrogen) atoms. The summed E-state index contributed by atoms with van der Waals surface area (Å²) in [4.78, 5) is 24.8. The van der Waals surface area contributed by atoms with Gasteiger partial charge in [-0.15, -0.1) is 5.10 Å². The van der Waals surface area contributed by atoms with Gasteiger partial charge >= 0.3 is 12.0 Å². The zero-order valence-corrected chi connectivity index (χ0v) is 20.6. The number of ether oxygens (including phenoxy) is 3. The monoisotopic (exact) mass is 494 g/mol. The maximum atomic E-state index is 11.5. The summed E-state index contributed by atoms with van der Waals surface area (Å²) in [6.07, 6.45) is 5.07. The van der Waals surface area contributed by atoms with Gasteiger partial charge < -0.3 is 19.3 Å². The van der Waals surface area contributed by atoms with Crippen LogP contribution in [0.4, 0.5) is 0 Å². The van der Waals surface area contributed by atoms with Crippen LogP contribution < -0.4 is 9.47 Å². The first-order valence-corrected chi connectivity index (χ1v) is 12.1. The first-order chi connectivity index (χ1) is 17.4. The molecule has 11 nitrogen and oxygen atoms in total. The lowest BCUT2D eigenvalue weighted by molar-refractivity contribution is -0.143. The third kappa shape index (κ3) is 4.88. The van der Waals surface area contributed by atoms with E-state index in [2.05, 4.69) is 20.3 Å². The largest absolute Gasteiger partial charge is 0.489 e. The standard InChI is InChI=1S/C25H30N6O5/c1-14-22(36-17-10-15-4-5-18(24(32)33)19(15)11-17)7-6-20(27-14)23-21(31(2)30-29-23)13-35-25-26-9-8-16(28-25)12-34-3/h6-9,15,17-19H,4-5,10-13H2,1-3H3,(H,32,33). The van der Waals surface area contributed by atoms with Crippen molar-refractivity contribution in [3.05, 3.63) is 41.5 Å². The molecule has 4 unspecified atom stereocenters. The SMILES string of the molecule is COCc1ccnc(OCc2c(-c3ccc(OC4CC5CCC(C(=O)O)C5C4)c(C)n3)nnn2C)n1. The molecule has 3 heterocycles. The van der Waals surface area contributed by atoms with Crippen LogP contribution in [0.25, 0.3) is 11.4 Å². The lowest BCUT2D eigenvalue weighted by Crippen LogP contribution is -2.21. The van der Waals surface area contributed by atoms with Crippen molar-refractivity contribution >= 4 is 5.97 Å². The second kappa shape index (κ2) is 10.2. The maximum absolute atomic E-state index is 11.5. The molecule has 0 saturated heterocycles. The molecule has 3 aromatic rings. The van der Waals surface area contributed by atoms with E-state index in [1.54, 1.807) is 31.1 Å². The Labute approximate surface area is 208 Å². The number of carbonyl (C=O) groups is 1. The number of fused-ring (bicyclic) bond motifs is 1. The molecule has 1 N–H and O–H groups in total. The molecule has 0 aliphatic heterocycles. The van der Waals surface area contributed by atoms with E-state index < -0.39 is 5.97 Å². The molecule has 0 amide bonds. The highest BCUT2D eigenvalue weighted by atomic mass is 16.5. The Hall–Kier alpha value is -3.60. The summed E-state index contributed by atoms with van der Waals surface area (Å²) >= 11 is 0. The minimum atomic E-state index is -0.677. The highest BCUT2D eigenvalue weighted by Crippen LogP contribution is 2.48. The van der Waals surface area contributed by atoms with Crippen LogP contribution in [0.5, 0.6) is 11.8 Å². The Morgan fingerprint density at radius 3 is 2.81 bits per heavy atom. The van der Waals surface area contributed by atoms with Gasteiger partial charge in [-0.3, -0.25) is 4.79 Å². The van der Waals surface area contributed by atoms with Crippen molar-refractivity contribution in [2.45, 2.75) is 51.9 Å². The first-order valence-electron chi connectivity index (χ1n) is 12.1. The number of carboxylic acid groups (broad SMARTS) is 1. The van der Waals surface area contributed by atoms with E-state index in [-0.39, 0.29) is 30.6 Å². The summed E-state index contributed by atoms with van der Waals surface area (Å²) in [5, 5.41) is 17.9. The molecule has 2 aliphatic rings. The highest BCUT2D eigenvalue weighted by molar-refractivity contribution is 5.71. The van der Waals surface area contributed by atoms with E-state index >= 15 is 0 Å². The van der Waals surface area contributed by atoms with Gasteiger partial charge in [-0.25, -0.2) is 14.6 Å². The molecule has 4 atom stereocenters. The average Bonchev–Trinajstić information content (AvgIpc) is 3.53. The first kappa shape index (κ1) is 24.1. The Morgan fingerprint density at radius 1 is 1.17 bits per heavy atom. The van der Waals surface area contributed by atoms with E-state index in [0.29, 0.717) is 29.7 Å². The molecule has 5 rings (SSSR count). The van der Waals surface area contributed by atoms with Crippen LogP contribution in [0.2, 0.25) is 0 Å². The van der Waals surface area contributed by atoms with Crippen LogP contribution in [0.3, 0.4) is 0 Å². The van der Waals surface area contributed by atoms with E-state index in [1.807, 2.05) is 19.1 Å². The second-order valence-electron chi connectivity index (χ2n) is 9.50. The lowest BCUT2D eigenvalue weighted by atomic mass is 9.92. The van der Waals surface area contributed by atoms with Crippen LogP contribution in [0, 0.1) is 24.7 Å². The fourth-order valence-electron chi connectivity index (χ4n) is 5.47. The number of aryl methyl sites for hydroxylation is 2. The van der Waals surface area contributed by atoms with Gasteiger partial charge in [0.15, 0.2) is 0 Å². The van der Waals surface area contributed by atoms with E-state index in [0.717, 1.165) is 42.8 Å². The van der Waals surface area contributed by atoms with Crippen molar-refractivity contribution in [1.82, 2.24) is 29.9 Å². The summed E-state index contributed by atoms with van der Waals surface area (Å²) in [6.45, 7) is 2.44. The number of aromatic nitrogens is 6. The Bertz CT molecular complexity index is 1250. The molecule has 0 spiro atoms. The summed E-state index contributed by atoms with van der Waals surface area (Å²) < 4.78 is 18.9. The van der Waals surface area contributed by atoms with Crippen LogP contribution in [0.1, 0.15) is 42.8 Å². The fraction of sp³-hybridized carbons (Fsp3) is 0.520. The van der Waals surface area contributed by atoms with Crippen molar-refractivity contribution in [3.63, 3.8) is 0 Å². The third-order valence-electron chi connectivity index (χ3n) is 7.23. The number of carboxylic acids is 1. The smallest absolute Gasteiger partial charge is 0.317 e. The Kier molecular flexibility index (Phi) is 6.82. The Morgan fingerprint density at radius 2 is 2.03 bits per heavy atom. The average molecular weight is 495 g/mol. The predicted octanol–water partition coefficient (Wildman–Crippen LogP) is 2.97. The number of rotatable bonds is 9. The van der Waals surface area contributed by atoms with Gasteiger partial charge in [-0.1, -0.05) is 5.21 Å². The normalized spacial score (nSPS) is 23.0. The van der Waals surface area contributed by atoms with Gasteiger partial charge in [0, 0.05) is 20.4 Å². The summed E-state index contributed by atoms with van der Waals surface area (Å²) in [5.41, 5.74) is 3.48. The molecule has 3 aromatic heterocycles. The topological polar surface area (TPSA) is 134 Å². The molecule has 0 bridgehead atoms. The molecule has 190 valence electrons. The fourth-order valence-corrected chi connectivity index (χ4v) is 5.47. The molecule has 2 aliphatic carbocycles.